The van der Waals surface area contributed by atoms with Crippen molar-refractivity contribution in [3.63, 3.8) is 0 Å². The SMILES string of the molecule is CC(=O)N(C)Cc1cccc(NC(=O)CNC(=O)CN)c1. The van der Waals surface area contributed by atoms with Crippen LogP contribution in [0.4, 0.5) is 5.69 Å². The van der Waals surface area contributed by atoms with Crippen molar-refractivity contribution in [2.24, 2.45) is 5.73 Å². The molecule has 0 atom stereocenters. The van der Waals surface area contributed by atoms with E-state index in [9.17, 15) is 14.4 Å². The van der Waals surface area contributed by atoms with Gasteiger partial charge in [0, 0.05) is 26.2 Å². The number of rotatable bonds is 6. The average molecular weight is 292 g/mol. The lowest BCUT2D eigenvalue weighted by Crippen LogP contribution is -2.36. The Hall–Kier alpha value is -2.41. The molecule has 0 aromatic heterocycles. The molecule has 4 N–H and O–H groups in total. The normalized spacial score (nSPS) is 9.86. The summed E-state index contributed by atoms with van der Waals surface area (Å²) in [6, 6.07) is 7.17. The van der Waals surface area contributed by atoms with E-state index in [2.05, 4.69) is 10.6 Å². The van der Waals surface area contributed by atoms with Gasteiger partial charge in [-0.05, 0) is 17.7 Å². The van der Waals surface area contributed by atoms with Crippen LogP contribution < -0.4 is 16.4 Å². The molecule has 0 saturated carbocycles. The molecule has 0 unspecified atom stereocenters. The molecule has 1 rings (SSSR count). The van der Waals surface area contributed by atoms with Gasteiger partial charge < -0.3 is 21.3 Å². The molecular weight excluding hydrogens is 272 g/mol. The molecule has 7 nitrogen and oxygen atoms in total. The van der Waals surface area contributed by atoms with Gasteiger partial charge in [0.25, 0.3) is 0 Å². The van der Waals surface area contributed by atoms with Gasteiger partial charge >= 0.3 is 0 Å². The topological polar surface area (TPSA) is 105 Å². The second kappa shape index (κ2) is 8.01. The van der Waals surface area contributed by atoms with E-state index >= 15 is 0 Å². The van der Waals surface area contributed by atoms with Crippen LogP contribution in [0.3, 0.4) is 0 Å². The second-order valence-corrected chi connectivity index (χ2v) is 4.60. The molecule has 1 aromatic carbocycles. The van der Waals surface area contributed by atoms with Gasteiger partial charge in [-0.15, -0.1) is 0 Å². The monoisotopic (exact) mass is 292 g/mol. The number of carbonyl (C=O) groups is 3. The van der Waals surface area contributed by atoms with Crippen molar-refractivity contribution in [3.05, 3.63) is 29.8 Å². The van der Waals surface area contributed by atoms with E-state index < -0.39 is 0 Å². The second-order valence-electron chi connectivity index (χ2n) is 4.60. The number of benzene rings is 1. The van der Waals surface area contributed by atoms with Crippen molar-refractivity contribution in [1.29, 1.82) is 0 Å². The minimum absolute atomic E-state index is 0.0334. The largest absolute Gasteiger partial charge is 0.346 e. The fourth-order valence-electron chi connectivity index (χ4n) is 1.59. The van der Waals surface area contributed by atoms with Gasteiger partial charge in [-0.1, -0.05) is 12.1 Å². The van der Waals surface area contributed by atoms with Gasteiger partial charge in [0.1, 0.15) is 0 Å². The highest BCUT2D eigenvalue weighted by molar-refractivity contribution is 5.94. The summed E-state index contributed by atoms with van der Waals surface area (Å²) in [5.41, 5.74) is 6.63. The predicted octanol–water partition coefficient (Wildman–Crippen LogP) is -0.322. The number of nitrogens with two attached hydrogens (primary N) is 1. The van der Waals surface area contributed by atoms with Crippen molar-refractivity contribution in [2.45, 2.75) is 13.5 Å². The number of anilines is 1. The summed E-state index contributed by atoms with van der Waals surface area (Å²) in [6.45, 7) is 1.67. The number of carbonyl (C=O) groups excluding carboxylic acids is 3. The van der Waals surface area contributed by atoms with Crippen LogP contribution in [0, 0.1) is 0 Å². The van der Waals surface area contributed by atoms with Crippen LogP contribution in [0.25, 0.3) is 0 Å². The predicted molar refractivity (Wildman–Crippen MR) is 79.3 cm³/mol. The quantitative estimate of drug-likeness (QED) is 0.668. The van der Waals surface area contributed by atoms with Crippen LogP contribution in [-0.2, 0) is 20.9 Å². The molecule has 3 amide bonds. The first kappa shape index (κ1) is 16.6. The lowest BCUT2D eigenvalue weighted by molar-refractivity contribution is -0.128. The first-order chi connectivity index (χ1) is 9.92. The van der Waals surface area contributed by atoms with Gasteiger partial charge in [-0.25, -0.2) is 0 Å². The highest BCUT2D eigenvalue weighted by Crippen LogP contribution is 2.12. The molecule has 0 aliphatic rings. The third-order valence-electron chi connectivity index (χ3n) is 2.80. The Balaban J connectivity index is 2.58. The Morgan fingerprint density at radius 1 is 1.24 bits per heavy atom. The van der Waals surface area contributed by atoms with E-state index in [1.54, 1.807) is 30.1 Å². The molecule has 0 aliphatic carbocycles. The first-order valence-corrected chi connectivity index (χ1v) is 6.49. The summed E-state index contributed by atoms with van der Waals surface area (Å²) < 4.78 is 0. The minimum atomic E-state index is -0.387. The van der Waals surface area contributed by atoms with Crippen LogP contribution in [0.1, 0.15) is 12.5 Å². The van der Waals surface area contributed by atoms with Crippen LogP contribution in [0.15, 0.2) is 24.3 Å². The lowest BCUT2D eigenvalue weighted by Gasteiger charge is -2.15. The van der Waals surface area contributed by atoms with Crippen LogP contribution in [0.5, 0.6) is 0 Å². The standard InChI is InChI=1S/C14H20N4O3/c1-10(19)18(2)9-11-4-3-5-12(6-11)17-14(21)8-16-13(20)7-15/h3-6H,7-9,15H2,1-2H3,(H,16,20)(H,17,21). The number of nitrogens with one attached hydrogen (secondary N) is 2. The summed E-state index contributed by atoms with van der Waals surface area (Å²) in [4.78, 5) is 35.4. The van der Waals surface area contributed by atoms with Crippen molar-refractivity contribution in [3.8, 4) is 0 Å². The third-order valence-corrected chi connectivity index (χ3v) is 2.80. The van der Waals surface area contributed by atoms with E-state index in [4.69, 9.17) is 5.73 Å². The Bertz CT molecular complexity index is 531. The molecule has 114 valence electrons. The maximum absolute atomic E-state index is 11.6. The van der Waals surface area contributed by atoms with Crippen LogP contribution in [0.2, 0.25) is 0 Å². The fraction of sp³-hybridized carbons (Fsp3) is 0.357. The number of nitrogens with zero attached hydrogens (tertiary/aromatic N) is 1. The van der Waals surface area contributed by atoms with Gasteiger partial charge in [0.05, 0.1) is 13.1 Å². The van der Waals surface area contributed by atoms with Gasteiger partial charge in [-0.2, -0.15) is 0 Å². The summed E-state index contributed by atoms with van der Waals surface area (Å²) in [6.07, 6.45) is 0. The van der Waals surface area contributed by atoms with Crippen molar-refractivity contribution in [2.75, 3.05) is 25.5 Å². The van der Waals surface area contributed by atoms with E-state index in [0.29, 0.717) is 12.2 Å². The van der Waals surface area contributed by atoms with E-state index in [1.807, 2.05) is 6.07 Å². The molecule has 0 bridgehead atoms. The average Bonchev–Trinajstić information content (AvgIpc) is 2.44. The molecule has 0 heterocycles. The molecular formula is C14H20N4O3. The van der Waals surface area contributed by atoms with E-state index in [-0.39, 0.29) is 30.8 Å². The molecule has 0 radical (unpaired) electrons. The van der Waals surface area contributed by atoms with Crippen molar-refractivity contribution >= 4 is 23.4 Å². The van der Waals surface area contributed by atoms with Crippen LogP contribution >= 0.6 is 0 Å². The van der Waals surface area contributed by atoms with E-state index in [0.717, 1.165) is 5.56 Å². The first-order valence-electron chi connectivity index (χ1n) is 6.49. The summed E-state index contributed by atoms with van der Waals surface area (Å²) in [5, 5.41) is 5.05. The molecule has 0 spiro atoms. The smallest absolute Gasteiger partial charge is 0.243 e. The van der Waals surface area contributed by atoms with Crippen LogP contribution in [-0.4, -0.2) is 42.8 Å². The Morgan fingerprint density at radius 2 is 1.95 bits per heavy atom. The fourth-order valence-corrected chi connectivity index (χ4v) is 1.59. The van der Waals surface area contributed by atoms with Gasteiger partial charge in [-0.3, -0.25) is 14.4 Å². The Kier molecular flexibility index (Phi) is 6.35. The highest BCUT2D eigenvalue weighted by Gasteiger charge is 2.07. The summed E-state index contributed by atoms with van der Waals surface area (Å²) in [7, 11) is 1.70. The van der Waals surface area contributed by atoms with Crippen molar-refractivity contribution in [1.82, 2.24) is 10.2 Å². The molecule has 7 heteroatoms. The molecule has 1 aromatic rings. The highest BCUT2D eigenvalue weighted by atomic mass is 16.2. The zero-order valence-corrected chi connectivity index (χ0v) is 12.2. The van der Waals surface area contributed by atoms with Crippen molar-refractivity contribution < 1.29 is 14.4 Å². The number of hydrogen-bond acceptors (Lipinski definition) is 4. The molecule has 0 aliphatic heterocycles. The number of amides is 3. The van der Waals surface area contributed by atoms with E-state index in [1.165, 1.54) is 6.92 Å². The zero-order chi connectivity index (χ0) is 15.8. The zero-order valence-electron chi connectivity index (χ0n) is 12.2. The van der Waals surface area contributed by atoms with Gasteiger partial charge in [0.15, 0.2) is 0 Å². The summed E-state index contributed by atoms with van der Waals surface area (Å²) >= 11 is 0. The molecule has 0 fully saturated rings. The third kappa shape index (κ3) is 6.05. The lowest BCUT2D eigenvalue weighted by atomic mass is 10.2. The molecule has 0 saturated heterocycles. The maximum Gasteiger partial charge on any atom is 0.243 e. The van der Waals surface area contributed by atoms with Gasteiger partial charge in [0.2, 0.25) is 17.7 Å². The minimum Gasteiger partial charge on any atom is -0.346 e. The Labute approximate surface area is 123 Å². The number of hydrogen-bond donors (Lipinski definition) is 3. The Morgan fingerprint density at radius 3 is 2.57 bits per heavy atom. The summed E-state index contributed by atoms with van der Waals surface area (Å²) in [5.74, 6) is -0.759. The maximum atomic E-state index is 11.6. The molecule has 21 heavy (non-hydrogen) atoms.